The van der Waals surface area contributed by atoms with Gasteiger partial charge in [-0.3, -0.25) is 9.59 Å². The molecule has 1 aromatic rings. The first-order valence-electron chi connectivity index (χ1n) is 7.11. The summed E-state index contributed by atoms with van der Waals surface area (Å²) in [6.45, 7) is 0.664. The van der Waals surface area contributed by atoms with Crippen LogP contribution in [0.15, 0.2) is 18.2 Å². The lowest BCUT2D eigenvalue weighted by Gasteiger charge is -2.22. The van der Waals surface area contributed by atoms with Crippen LogP contribution in [-0.4, -0.2) is 29.5 Å². The number of hydrogen-bond acceptors (Lipinski definition) is 3. The lowest BCUT2D eigenvalue weighted by molar-refractivity contribution is -0.130. The number of hydrogen-bond donors (Lipinski definition) is 3. The Balaban J connectivity index is 1.73. The van der Waals surface area contributed by atoms with Gasteiger partial charge in [-0.1, -0.05) is 6.07 Å². The first-order chi connectivity index (χ1) is 10.1. The molecule has 114 valence electrons. The molecule has 21 heavy (non-hydrogen) atoms. The number of amides is 2. The van der Waals surface area contributed by atoms with Crippen LogP contribution in [0, 0.1) is 5.82 Å². The van der Waals surface area contributed by atoms with E-state index >= 15 is 0 Å². The van der Waals surface area contributed by atoms with Crippen LogP contribution < -0.4 is 10.6 Å². The first kappa shape index (κ1) is 15.3. The summed E-state index contributed by atoms with van der Waals surface area (Å²) in [6, 6.07) is 3.77. The molecule has 2 amide bonds. The predicted molar refractivity (Wildman–Crippen MR) is 75.2 cm³/mol. The summed E-state index contributed by atoms with van der Waals surface area (Å²) in [5, 5.41) is 14.5. The third-order valence-electron chi connectivity index (χ3n) is 3.50. The minimum absolute atomic E-state index is 0.129. The Kier molecular flexibility index (Phi) is 5.14. The second-order valence-electron chi connectivity index (χ2n) is 5.19. The molecule has 2 rings (SSSR count). The summed E-state index contributed by atoms with van der Waals surface area (Å²) in [4.78, 5) is 23.3. The number of benzene rings is 1. The van der Waals surface area contributed by atoms with Crippen LogP contribution in [0.4, 0.5) is 4.39 Å². The van der Waals surface area contributed by atoms with Crippen molar-refractivity contribution in [3.63, 3.8) is 0 Å². The normalized spacial score (nSPS) is 18.1. The number of carbonyl (C=O) groups excluding carboxylic acids is 2. The van der Waals surface area contributed by atoms with Crippen molar-refractivity contribution < 1.29 is 19.1 Å². The summed E-state index contributed by atoms with van der Waals surface area (Å²) in [5.74, 6) is -1.33. The van der Waals surface area contributed by atoms with E-state index in [2.05, 4.69) is 10.6 Å². The monoisotopic (exact) mass is 294 g/mol. The maximum Gasteiger partial charge on any atom is 0.242 e. The number of phenolic OH excluding ortho intramolecular Hbond substituents is 1. The molecule has 0 radical (unpaired) electrons. The van der Waals surface area contributed by atoms with Gasteiger partial charge in [-0.2, -0.15) is 0 Å². The van der Waals surface area contributed by atoms with Gasteiger partial charge in [0.1, 0.15) is 6.04 Å². The number of rotatable bonds is 5. The molecule has 0 spiro atoms. The number of piperidine rings is 1. The van der Waals surface area contributed by atoms with Crippen LogP contribution in [0.2, 0.25) is 0 Å². The summed E-state index contributed by atoms with van der Waals surface area (Å²) in [5.41, 5.74) is 0.730. The molecule has 1 aliphatic heterocycles. The van der Waals surface area contributed by atoms with E-state index in [-0.39, 0.29) is 24.0 Å². The molecule has 5 nitrogen and oxygen atoms in total. The summed E-state index contributed by atoms with van der Waals surface area (Å²) in [6.07, 6.45) is 2.92. The highest BCUT2D eigenvalue weighted by atomic mass is 19.1. The van der Waals surface area contributed by atoms with Crippen LogP contribution in [0.1, 0.15) is 31.2 Å². The van der Waals surface area contributed by atoms with E-state index in [0.29, 0.717) is 25.8 Å². The van der Waals surface area contributed by atoms with Crippen molar-refractivity contribution >= 4 is 11.8 Å². The maximum absolute atomic E-state index is 13.1. The second kappa shape index (κ2) is 7.06. The number of nitrogens with one attached hydrogen (secondary N) is 2. The van der Waals surface area contributed by atoms with Gasteiger partial charge < -0.3 is 15.7 Å². The van der Waals surface area contributed by atoms with Crippen molar-refractivity contribution in [3.8, 4) is 5.75 Å². The Morgan fingerprint density at radius 2 is 2.29 bits per heavy atom. The molecule has 0 aromatic heterocycles. The van der Waals surface area contributed by atoms with Crippen molar-refractivity contribution in [2.45, 2.75) is 38.1 Å². The number of aryl methyl sites for hydroxylation is 1. The van der Waals surface area contributed by atoms with Gasteiger partial charge in [-0.25, -0.2) is 4.39 Å². The Morgan fingerprint density at radius 1 is 1.48 bits per heavy atom. The van der Waals surface area contributed by atoms with Crippen molar-refractivity contribution in [2.75, 3.05) is 6.54 Å². The Bertz CT molecular complexity index is 534. The number of carbonyl (C=O) groups is 2. The van der Waals surface area contributed by atoms with Gasteiger partial charge in [-0.15, -0.1) is 0 Å². The van der Waals surface area contributed by atoms with Crippen molar-refractivity contribution in [2.24, 2.45) is 0 Å². The highest BCUT2D eigenvalue weighted by Gasteiger charge is 2.23. The molecule has 3 N–H and O–H groups in total. The largest absolute Gasteiger partial charge is 0.505 e. The van der Waals surface area contributed by atoms with Crippen LogP contribution >= 0.6 is 0 Å². The summed E-state index contributed by atoms with van der Waals surface area (Å²) < 4.78 is 13.1. The molecule has 1 aliphatic rings. The number of aromatic hydroxyl groups is 1. The summed E-state index contributed by atoms with van der Waals surface area (Å²) in [7, 11) is 0. The zero-order chi connectivity index (χ0) is 15.2. The molecule has 0 aliphatic carbocycles. The van der Waals surface area contributed by atoms with E-state index in [1.807, 2.05) is 0 Å². The Morgan fingerprint density at radius 3 is 3.00 bits per heavy atom. The Labute approximate surface area is 122 Å². The van der Waals surface area contributed by atoms with Crippen molar-refractivity contribution in [1.29, 1.82) is 0 Å². The van der Waals surface area contributed by atoms with Crippen LogP contribution in [0.3, 0.4) is 0 Å². The van der Waals surface area contributed by atoms with Gasteiger partial charge in [0.15, 0.2) is 11.6 Å². The van der Waals surface area contributed by atoms with Crippen LogP contribution in [-0.2, 0) is 16.0 Å². The fourth-order valence-corrected chi connectivity index (χ4v) is 2.34. The predicted octanol–water partition coefficient (Wildman–Crippen LogP) is 1.25. The van der Waals surface area contributed by atoms with Crippen molar-refractivity contribution in [3.05, 3.63) is 29.6 Å². The third kappa shape index (κ3) is 4.44. The fourth-order valence-electron chi connectivity index (χ4n) is 2.34. The molecular weight excluding hydrogens is 275 g/mol. The molecule has 1 atom stereocenters. The average molecular weight is 294 g/mol. The molecule has 0 unspecified atom stereocenters. The van der Waals surface area contributed by atoms with E-state index in [9.17, 15) is 14.0 Å². The maximum atomic E-state index is 13.1. The molecule has 0 bridgehead atoms. The Hall–Kier alpha value is -2.11. The fraction of sp³-hybridized carbons (Fsp3) is 0.467. The lowest BCUT2D eigenvalue weighted by atomic mass is 10.1. The van der Waals surface area contributed by atoms with Gasteiger partial charge in [-0.05, 0) is 43.4 Å². The quantitative estimate of drug-likeness (QED) is 0.764. The molecule has 1 saturated heterocycles. The van der Waals surface area contributed by atoms with E-state index < -0.39 is 11.9 Å². The number of halogens is 1. The highest BCUT2D eigenvalue weighted by Crippen LogP contribution is 2.17. The van der Waals surface area contributed by atoms with Crippen molar-refractivity contribution in [1.82, 2.24) is 10.6 Å². The van der Waals surface area contributed by atoms with Crippen LogP contribution in [0.25, 0.3) is 0 Å². The van der Waals surface area contributed by atoms with E-state index in [1.54, 1.807) is 6.07 Å². The molecule has 6 heteroatoms. The van der Waals surface area contributed by atoms with Gasteiger partial charge in [0, 0.05) is 13.0 Å². The smallest absolute Gasteiger partial charge is 0.242 e. The molecular formula is C15H19FN2O3. The minimum atomic E-state index is -0.657. The molecule has 1 heterocycles. The summed E-state index contributed by atoms with van der Waals surface area (Å²) >= 11 is 0. The number of phenols is 1. The zero-order valence-electron chi connectivity index (χ0n) is 11.7. The minimum Gasteiger partial charge on any atom is -0.505 e. The van der Waals surface area contributed by atoms with E-state index in [0.717, 1.165) is 12.0 Å². The average Bonchev–Trinajstić information content (AvgIpc) is 2.45. The molecule has 1 fully saturated rings. The second-order valence-corrected chi connectivity index (χ2v) is 5.19. The third-order valence-corrected chi connectivity index (χ3v) is 3.50. The standard InChI is InChI=1S/C15H19FN2O3/c16-11-9-10(6-7-13(11)19)3-1-5-14(20)18-12-4-2-8-17-15(12)21/h6-7,9,12,19H,1-5,8H2,(H,17,21)(H,18,20)/t12-/m0/s1. The van der Waals surface area contributed by atoms with Gasteiger partial charge >= 0.3 is 0 Å². The first-order valence-corrected chi connectivity index (χ1v) is 7.11. The van der Waals surface area contributed by atoms with Gasteiger partial charge in [0.05, 0.1) is 0 Å². The van der Waals surface area contributed by atoms with E-state index in [1.165, 1.54) is 12.1 Å². The van der Waals surface area contributed by atoms with Gasteiger partial charge in [0.2, 0.25) is 11.8 Å². The van der Waals surface area contributed by atoms with Gasteiger partial charge in [0.25, 0.3) is 0 Å². The topological polar surface area (TPSA) is 78.4 Å². The van der Waals surface area contributed by atoms with E-state index in [4.69, 9.17) is 5.11 Å². The highest BCUT2D eigenvalue weighted by molar-refractivity contribution is 5.88. The zero-order valence-corrected chi connectivity index (χ0v) is 11.7. The molecule has 0 saturated carbocycles. The SMILES string of the molecule is O=C(CCCc1ccc(O)c(F)c1)N[C@H]1CCCNC1=O. The van der Waals surface area contributed by atoms with Crippen LogP contribution in [0.5, 0.6) is 5.75 Å². The molecule has 1 aromatic carbocycles. The lowest BCUT2D eigenvalue weighted by Crippen LogP contribution is -2.50.